The second-order valence-electron chi connectivity index (χ2n) is 9.40. The number of unbranched alkanes of at least 4 members (excludes halogenated alkanes) is 14. The molecule has 1 aliphatic rings. The fraction of sp³-hybridized carbons (Fsp3) is 0.750. The number of hydrogen-bond donors (Lipinski definition) is 0. The number of rotatable bonds is 17. The normalized spacial score (nSPS) is 16.3. The van der Waals surface area contributed by atoms with E-state index in [1.165, 1.54) is 116 Å². The first-order chi connectivity index (χ1) is 14.8. The topological polar surface area (TPSA) is 20.3 Å². The van der Waals surface area contributed by atoms with Gasteiger partial charge in [-0.15, -0.1) is 0 Å². The largest absolute Gasteiger partial charge is 0.336 e. The van der Waals surface area contributed by atoms with Crippen LogP contribution >= 0.6 is 0 Å². The van der Waals surface area contributed by atoms with Crippen LogP contribution in [0.4, 0.5) is 0 Å². The molecule has 2 rings (SSSR count). The molecule has 0 unspecified atom stereocenters. The molecule has 0 aromatic heterocycles. The number of amides is 1. The summed E-state index contributed by atoms with van der Waals surface area (Å²) in [5, 5.41) is 0. The molecule has 170 valence electrons. The van der Waals surface area contributed by atoms with Gasteiger partial charge in [0.05, 0.1) is 0 Å². The first kappa shape index (κ1) is 25.0. The second kappa shape index (κ2) is 16.4. The van der Waals surface area contributed by atoms with E-state index in [2.05, 4.69) is 11.8 Å². The molecule has 1 amide bonds. The maximum absolute atomic E-state index is 12.7. The van der Waals surface area contributed by atoms with Gasteiger partial charge in [-0.1, -0.05) is 121 Å². The molecule has 1 aromatic rings. The highest BCUT2D eigenvalue weighted by Crippen LogP contribution is 2.25. The minimum atomic E-state index is 0.235. The van der Waals surface area contributed by atoms with Crippen molar-refractivity contribution < 1.29 is 4.79 Å². The van der Waals surface area contributed by atoms with Gasteiger partial charge in [-0.25, -0.2) is 0 Å². The molecule has 0 bridgehead atoms. The summed E-state index contributed by atoms with van der Waals surface area (Å²) in [6.07, 6.45) is 24.7. The number of likely N-dealkylation sites (tertiary alicyclic amines) is 1. The molecular weight excluding hydrogens is 366 g/mol. The molecule has 0 spiro atoms. The van der Waals surface area contributed by atoms with Crippen LogP contribution in [0.15, 0.2) is 30.3 Å². The van der Waals surface area contributed by atoms with E-state index in [-0.39, 0.29) is 5.91 Å². The van der Waals surface area contributed by atoms with Gasteiger partial charge in [0.1, 0.15) is 0 Å². The zero-order valence-electron chi connectivity index (χ0n) is 19.8. The molecule has 0 radical (unpaired) electrons. The number of benzene rings is 1. The lowest BCUT2D eigenvalue weighted by atomic mass is 10.0. The van der Waals surface area contributed by atoms with Gasteiger partial charge >= 0.3 is 0 Å². The van der Waals surface area contributed by atoms with Crippen LogP contribution in [-0.4, -0.2) is 23.4 Å². The van der Waals surface area contributed by atoms with Crippen LogP contribution in [0.3, 0.4) is 0 Å². The first-order valence-electron chi connectivity index (χ1n) is 13.2. The van der Waals surface area contributed by atoms with E-state index in [4.69, 9.17) is 0 Å². The quantitative estimate of drug-likeness (QED) is 0.234. The van der Waals surface area contributed by atoms with E-state index in [1.807, 2.05) is 30.3 Å². The predicted molar refractivity (Wildman–Crippen MR) is 130 cm³/mol. The number of carbonyl (C=O) groups is 1. The molecule has 0 saturated carbocycles. The van der Waals surface area contributed by atoms with Crippen molar-refractivity contribution in [2.75, 3.05) is 6.54 Å². The molecule has 1 aliphatic heterocycles. The van der Waals surface area contributed by atoms with E-state index in [0.29, 0.717) is 6.04 Å². The van der Waals surface area contributed by atoms with Crippen LogP contribution in [0, 0.1) is 0 Å². The van der Waals surface area contributed by atoms with Gasteiger partial charge in [0.25, 0.3) is 5.91 Å². The monoisotopic (exact) mass is 413 g/mol. The summed E-state index contributed by atoms with van der Waals surface area (Å²) >= 11 is 0. The van der Waals surface area contributed by atoms with Crippen molar-refractivity contribution in [1.82, 2.24) is 4.90 Å². The van der Waals surface area contributed by atoms with Crippen LogP contribution in [0.2, 0.25) is 0 Å². The molecular formula is C28H47NO. The minimum Gasteiger partial charge on any atom is -0.336 e. The van der Waals surface area contributed by atoms with E-state index >= 15 is 0 Å². The van der Waals surface area contributed by atoms with E-state index < -0.39 is 0 Å². The van der Waals surface area contributed by atoms with E-state index in [1.54, 1.807) is 0 Å². The van der Waals surface area contributed by atoms with Crippen molar-refractivity contribution in [2.24, 2.45) is 0 Å². The maximum Gasteiger partial charge on any atom is 0.254 e. The van der Waals surface area contributed by atoms with Crippen LogP contribution in [0.1, 0.15) is 133 Å². The third-order valence-electron chi connectivity index (χ3n) is 6.80. The Bertz CT molecular complexity index is 541. The molecule has 1 fully saturated rings. The Balaban J connectivity index is 1.41. The van der Waals surface area contributed by atoms with Crippen molar-refractivity contribution in [3.63, 3.8) is 0 Å². The Labute approximate surface area is 186 Å². The second-order valence-corrected chi connectivity index (χ2v) is 9.40. The summed E-state index contributed by atoms with van der Waals surface area (Å²) in [7, 11) is 0. The first-order valence-corrected chi connectivity index (χ1v) is 13.2. The van der Waals surface area contributed by atoms with Crippen molar-refractivity contribution >= 4 is 5.91 Å². The number of hydrogen-bond acceptors (Lipinski definition) is 1. The van der Waals surface area contributed by atoms with Crippen molar-refractivity contribution in [1.29, 1.82) is 0 Å². The van der Waals surface area contributed by atoms with Crippen molar-refractivity contribution in [3.05, 3.63) is 35.9 Å². The third-order valence-corrected chi connectivity index (χ3v) is 6.80. The smallest absolute Gasteiger partial charge is 0.254 e. The predicted octanol–water partition coefficient (Wildman–Crippen LogP) is 8.55. The summed E-state index contributed by atoms with van der Waals surface area (Å²) in [5.74, 6) is 0.235. The zero-order valence-corrected chi connectivity index (χ0v) is 19.8. The Kier molecular flexibility index (Phi) is 13.6. The van der Waals surface area contributed by atoms with Gasteiger partial charge in [0, 0.05) is 18.2 Å². The highest BCUT2D eigenvalue weighted by Gasteiger charge is 2.28. The standard InChI is InChI=1S/C28H47NO/c1-2-3-4-5-6-7-8-9-10-11-12-13-14-15-19-23-27-24-20-25-29(27)28(30)26-21-17-16-18-22-26/h16-18,21-22,27H,2-15,19-20,23-25H2,1H3/t27-/m1/s1. The van der Waals surface area contributed by atoms with Crippen molar-refractivity contribution in [3.8, 4) is 0 Å². The van der Waals surface area contributed by atoms with Crippen molar-refractivity contribution in [2.45, 2.75) is 129 Å². The average molecular weight is 414 g/mol. The van der Waals surface area contributed by atoms with Gasteiger partial charge in [0.2, 0.25) is 0 Å². The molecule has 1 aromatic carbocycles. The summed E-state index contributed by atoms with van der Waals surface area (Å²) < 4.78 is 0. The minimum absolute atomic E-state index is 0.235. The fourth-order valence-corrected chi connectivity index (χ4v) is 4.90. The molecule has 2 nitrogen and oxygen atoms in total. The lowest BCUT2D eigenvalue weighted by molar-refractivity contribution is 0.0728. The lowest BCUT2D eigenvalue weighted by Crippen LogP contribution is -2.35. The highest BCUT2D eigenvalue weighted by atomic mass is 16.2. The fourth-order valence-electron chi connectivity index (χ4n) is 4.90. The Morgan fingerprint density at radius 3 is 1.80 bits per heavy atom. The molecule has 1 saturated heterocycles. The van der Waals surface area contributed by atoms with Gasteiger partial charge in [0.15, 0.2) is 0 Å². The highest BCUT2D eigenvalue weighted by molar-refractivity contribution is 5.94. The third kappa shape index (κ3) is 10.1. The molecule has 1 atom stereocenters. The van der Waals surface area contributed by atoms with Crippen LogP contribution in [0.25, 0.3) is 0 Å². The van der Waals surface area contributed by atoms with Crippen LogP contribution in [0.5, 0.6) is 0 Å². The molecule has 2 heteroatoms. The molecule has 1 heterocycles. The van der Waals surface area contributed by atoms with Crippen LogP contribution < -0.4 is 0 Å². The van der Waals surface area contributed by atoms with E-state index in [0.717, 1.165) is 12.1 Å². The van der Waals surface area contributed by atoms with Crippen LogP contribution in [-0.2, 0) is 0 Å². The van der Waals surface area contributed by atoms with E-state index in [9.17, 15) is 4.79 Å². The average Bonchev–Trinajstić information content (AvgIpc) is 3.25. The van der Waals surface area contributed by atoms with Gasteiger partial charge < -0.3 is 4.90 Å². The van der Waals surface area contributed by atoms with Gasteiger partial charge in [-0.2, -0.15) is 0 Å². The Hall–Kier alpha value is -1.31. The summed E-state index contributed by atoms with van der Waals surface area (Å²) in [5.41, 5.74) is 0.848. The Morgan fingerprint density at radius 2 is 1.27 bits per heavy atom. The maximum atomic E-state index is 12.7. The Morgan fingerprint density at radius 1 is 0.767 bits per heavy atom. The summed E-state index contributed by atoms with van der Waals surface area (Å²) in [4.78, 5) is 14.9. The number of nitrogens with zero attached hydrogens (tertiary/aromatic N) is 1. The van der Waals surface area contributed by atoms with Gasteiger partial charge in [-0.3, -0.25) is 4.79 Å². The van der Waals surface area contributed by atoms with Gasteiger partial charge in [-0.05, 0) is 31.4 Å². The molecule has 0 N–H and O–H groups in total. The molecule has 30 heavy (non-hydrogen) atoms. The SMILES string of the molecule is CCCCCCCCCCCCCCCCC[C@@H]1CCCN1C(=O)c1ccccc1. The summed E-state index contributed by atoms with van der Waals surface area (Å²) in [6, 6.07) is 10.3. The zero-order chi connectivity index (χ0) is 21.3. The molecule has 0 aliphatic carbocycles. The summed E-state index contributed by atoms with van der Waals surface area (Å²) in [6.45, 7) is 3.23. The lowest BCUT2D eigenvalue weighted by Gasteiger charge is -2.25. The number of carbonyl (C=O) groups excluding carboxylic acids is 1.